The highest BCUT2D eigenvalue weighted by molar-refractivity contribution is 6.42. The van der Waals surface area contributed by atoms with E-state index in [1.54, 1.807) is 12.1 Å². The summed E-state index contributed by atoms with van der Waals surface area (Å²) in [6.45, 7) is 8.10. The summed E-state index contributed by atoms with van der Waals surface area (Å²) in [6, 6.07) is 13.3. The standard InChI is InChI=1S/C31H40Cl2N2O4/c1-21(2)19-35(29(37)16-23-9-10-27(32)28(33)15-23)25-11-12-31(38-5)20-34(4)14-13-30(31,18-25)24-7-6-8-26(17-24)39-22(3)36/h6-10,15,17,21,25H,11-14,16,18-20H2,1-5H3. The van der Waals surface area contributed by atoms with Crippen molar-refractivity contribution in [2.24, 2.45) is 5.92 Å². The van der Waals surface area contributed by atoms with Crippen molar-refractivity contribution in [3.8, 4) is 5.75 Å². The molecule has 8 heteroatoms. The Hall–Kier alpha value is -2.12. The van der Waals surface area contributed by atoms with E-state index in [9.17, 15) is 9.59 Å². The summed E-state index contributed by atoms with van der Waals surface area (Å²) in [5.41, 5.74) is 1.20. The van der Waals surface area contributed by atoms with Gasteiger partial charge in [0, 0.05) is 38.6 Å². The number of piperidine rings is 1. The van der Waals surface area contributed by atoms with Gasteiger partial charge in [-0.2, -0.15) is 0 Å². The zero-order chi connectivity index (χ0) is 28.4. The van der Waals surface area contributed by atoms with Gasteiger partial charge in [-0.25, -0.2) is 0 Å². The number of methoxy groups -OCH3 is 1. The Morgan fingerprint density at radius 3 is 2.56 bits per heavy atom. The molecule has 0 aromatic heterocycles. The quantitative estimate of drug-likeness (QED) is 0.279. The molecule has 39 heavy (non-hydrogen) atoms. The fraction of sp³-hybridized carbons (Fsp3) is 0.548. The number of likely N-dealkylation sites (tertiary alicyclic amines) is 1. The highest BCUT2D eigenvalue weighted by Gasteiger charge is 2.59. The summed E-state index contributed by atoms with van der Waals surface area (Å²) in [4.78, 5) is 30.0. The van der Waals surface area contributed by atoms with Crippen molar-refractivity contribution < 1.29 is 19.1 Å². The van der Waals surface area contributed by atoms with Gasteiger partial charge < -0.3 is 19.3 Å². The molecule has 1 amide bonds. The Kier molecular flexibility index (Phi) is 9.32. The first-order valence-electron chi connectivity index (χ1n) is 13.7. The monoisotopic (exact) mass is 574 g/mol. The van der Waals surface area contributed by atoms with E-state index in [-0.39, 0.29) is 29.8 Å². The average Bonchev–Trinajstić information content (AvgIpc) is 2.88. The van der Waals surface area contributed by atoms with E-state index < -0.39 is 5.60 Å². The number of hydrogen-bond acceptors (Lipinski definition) is 5. The van der Waals surface area contributed by atoms with Crippen molar-refractivity contribution in [1.29, 1.82) is 0 Å². The Morgan fingerprint density at radius 2 is 1.90 bits per heavy atom. The Morgan fingerprint density at radius 1 is 1.13 bits per heavy atom. The molecule has 2 aliphatic rings. The van der Waals surface area contributed by atoms with Crippen LogP contribution in [-0.2, 0) is 26.2 Å². The van der Waals surface area contributed by atoms with E-state index in [4.69, 9.17) is 32.7 Å². The fourth-order valence-electron chi connectivity index (χ4n) is 6.74. The molecule has 1 saturated carbocycles. The number of likely N-dealkylation sites (N-methyl/N-ethyl adjacent to an activating group) is 1. The Balaban J connectivity index is 1.72. The summed E-state index contributed by atoms with van der Waals surface area (Å²) in [5.74, 6) is 0.602. The lowest BCUT2D eigenvalue weighted by molar-refractivity contribution is -0.159. The fourth-order valence-corrected chi connectivity index (χ4v) is 7.06. The number of amides is 1. The third-order valence-electron chi connectivity index (χ3n) is 8.48. The van der Waals surface area contributed by atoms with Crippen LogP contribution in [-0.4, -0.2) is 67.1 Å². The Bertz CT molecular complexity index is 1200. The first-order chi connectivity index (χ1) is 18.5. The molecule has 1 aliphatic heterocycles. The van der Waals surface area contributed by atoms with Gasteiger partial charge in [0.05, 0.1) is 22.1 Å². The molecule has 1 aliphatic carbocycles. The molecule has 0 bridgehead atoms. The minimum absolute atomic E-state index is 0.0479. The van der Waals surface area contributed by atoms with Gasteiger partial charge in [0.1, 0.15) is 5.75 Å². The number of halogens is 2. The van der Waals surface area contributed by atoms with Gasteiger partial charge in [0.25, 0.3) is 0 Å². The molecule has 0 spiro atoms. The van der Waals surface area contributed by atoms with E-state index in [0.717, 1.165) is 49.9 Å². The molecule has 0 N–H and O–H groups in total. The van der Waals surface area contributed by atoms with Gasteiger partial charge in [-0.15, -0.1) is 0 Å². The molecular formula is C31H40Cl2N2O4. The molecule has 1 heterocycles. The van der Waals surface area contributed by atoms with Crippen LogP contribution in [0.25, 0.3) is 0 Å². The molecule has 212 valence electrons. The summed E-state index contributed by atoms with van der Waals surface area (Å²) in [5, 5.41) is 0.938. The first-order valence-corrected chi connectivity index (χ1v) is 14.5. The second-order valence-electron chi connectivity index (χ2n) is 11.7. The summed E-state index contributed by atoms with van der Waals surface area (Å²) in [7, 11) is 3.95. The number of hydrogen-bond donors (Lipinski definition) is 0. The van der Waals surface area contributed by atoms with Gasteiger partial charge in [0.15, 0.2) is 0 Å². The SMILES string of the molecule is COC12CCC(N(CC(C)C)C(=O)Cc3ccc(Cl)c(Cl)c3)CC1(c1cccc(OC(C)=O)c1)CCN(C)C2. The highest BCUT2D eigenvalue weighted by Crippen LogP contribution is 2.54. The van der Waals surface area contributed by atoms with Crippen LogP contribution >= 0.6 is 23.2 Å². The molecular weight excluding hydrogens is 535 g/mol. The van der Waals surface area contributed by atoms with Crippen LogP contribution < -0.4 is 4.74 Å². The molecule has 3 unspecified atom stereocenters. The maximum atomic E-state index is 13.9. The van der Waals surface area contributed by atoms with Gasteiger partial charge in [-0.1, -0.05) is 55.2 Å². The third kappa shape index (κ3) is 6.30. The molecule has 2 aromatic rings. The van der Waals surface area contributed by atoms with E-state index in [1.807, 2.05) is 31.4 Å². The van der Waals surface area contributed by atoms with Crippen LogP contribution in [0, 0.1) is 5.92 Å². The van der Waals surface area contributed by atoms with Crippen LogP contribution in [0.4, 0.5) is 0 Å². The van der Waals surface area contributed by atoms with Crippen molar-refractivity contribution in [3.63, 3.8) is 0 Å². The predicted octanol–water partition coefficient (Wildman–Crippen LogP) is 6.16. The van der Waals surface area contributed by atoms with Crippen molar-refractivity contribution >= 4 is 35.1 Å². The molecule has 4 rings (SSSR count). The van der Waals surface area contributed by atoms with Crippen LogP contribution in [0.3, 0.4) is 0 Å². The molecule has 2 aromatic carbocycles. The van der Waals surface area contributed by atoms with E-state index >= 15 is 0 Å². The number of rotatable bonds is 8. The number of nitrogens with zero attached hydrogens (tertiary/aromatic N) is 2. The molecule has 3 atom stereocenters. The molecule has 1 saturated heterocycles. The van der Waals surface area contributed by atoms with Gasteiger partial charge >= 0.3 is 5.97 Å². The zero-order valence-corrected chi connectivity index (χ0v) is 25.1. The predicted molar refractivity (Wildman–Crippen MR) is 156 cm³/mol. The second-order valence-corrected chi connectivity index (χ2v) is 12.5. The molecule has 0 radical (unpaired) electrons. The third-order valence-corrected chi connectivity index (χ3v) is 9.22. The number of benzene rings is 2. The van der Waals surface area contributed by atoms with Crippen LogP contribution in [0.15, 0.2) is 42.5 Å². The average molecular weight is 576 g/mol. The van der Waals surface area contributed by atoms with E-state index in [1.165, 1.54) is 6.92 Å². The number of fused-ring (bicyclic) bond motifs is 1. The summed E-state index contributed by atoms with van der Waals surface area (Å²) < 4.78 is 11.9. The molecule has 6 nitrogen and oxygen atoms in total. The van der Waals surface area contributed by atoms with E-state index in [0.29, 0.717) is 28.3 Å². The topological polar surface area (TPSA) is 59.1 Å². The van der Waals surface area contributed by atoms with Crippen LogP contribution in [0.5, 0.6) is 5.75 Å². The largest absolute Gasteiger partial charge is 0.427 e. The smallest absolute Gasteiger partial charge is 0.308 e. The van der Waals surface area contributed by atoms with Crippen molar-refractivity contribution in [2.45, 2.75) is 69.9 Å². The minimum atomic E-state index is -0.415. The van der Waals surface area contributed by atoms with Gasteiger partial charge in [-0.05, 0) is 80.6 Å². The van der Waals surface area contributed by atoms with Crippen molar-refractivity contribution in [1.82, 2.24) is 9.80 Å². The summed E-state index contributed by atoms with van der Waals surface area (Å²) >= 11 is 12.4. The Labute approximate surface area is 242 Å². The van der Waals surface area contributed by atoms with Gasteiger partial charge in [-0.3, -0.25) is 9.59 Å². The zero-order valence-electron chi connectivity index (χ0n) is 23.6. The normalized spacial score (nSPS) is 25.3. The number of esters is 1. The van der Waals surface area contributed by atoms with Crippen molar-refractivity contribution in [3.05, 3.63) is 63.6 Å². The lowest BCUT2D eigenvalue weighted by Gasteiger charge is -2.60. The number of carbonyl (C=O) groups is 2. The van der Waals surface area contributed by atoms with Crippen LogP contribution in [0.1, 0.15) is 57.6 Å². The minimum Gasteiger partial charge on any atom is -0.427 e. The molecule has 2 fully saturated rings. The number of ether oxygens (including phenoxy) is 2. The first kappa shape index (κ1) is 29.9. The van der Waals surface area contributed by atoms with Crippen molar-refractivity contribution in [2.75, 3.05) is 33.8 Å². The maximum absolute atomic E-state index is 13.9. The number of carbonyl (C=O) groups excluding carboxylic acids is 2. The van der Waals surface area contributed by atoms with Gasteiger partial charge in [0.2, 0.25) is 5.91 Å². The highest BCUT2D eigenvalue weighted by atomic mass is 35.5. The summed E-state index contributed by atoms with van der Waals surface area (Å²) in [6.07, 6.45) is 3.61. The lowest BCUT2D eigenvalue weighted by atomic mass is 9.55. The maximum Gasteiger partial charge on any atom is 0.308 e. The van der Waals surface area contributed by atoms with Crippen LogP contribution in [0.2, 0.25) is 10.0 Å². The van der Waals surface area contributed by atoms with E-state index in [2.05, 4.69) is 36.8 Å². The second kappa shape index (κ2) is 12.2. The lowest BCUT2D eigenvalue weighted by Crippen LogP contribution is -2.67.